The van der Waals surface area contributed by atoms with Crippen LogP contribution in [0.4, 0.5) is 5.69 Å². The Bertz CT molecular complexity index is 374. The Morgan fingerprint density at radius 1 is 1.33 bits per heavy atom. The Morgan fingerprint density at radius 3 is 2.93 bits per heavy atom. The fourth-order valence-electron chi connectivity index (χ4n) is 1.99. The first-order chi connectivity index (χ1) is 7.29. The van der Waals surface area contributed by atoms with E-state index in [1.807, 2.05) is 6.92 Å². The number of anilines is 1. The molecule has 2 N–H and O–H groups in total. The molecule has 1 aromatic rings. The molecule has 2 rings (SSSR count). The van der Waals surface area contributed by atoms with Crippen molar-refractivity contribution in [2.75, 3.05) is 11.9 Å². The molecule has 0 amide bonds. The van der Waals surface area contributed by atoms with Crippen LogP contribution in [0.3, 0.4) is 0 Å². The summed E-state index contributed by atoms with van der Waals surface area (Å²) in [4.78, 5) is 0. The van der Waals surface area contributed by atoms with Crippen LogP contribution in [0, 0.1) is 0 Å². The second-order valence-electron chi connectivity index (χ2n) is 3.82. The Morgan fingerprint density at radius 2 is 2.13 bits per heavy atom. The standard InChI is InChI=1S/C12H16N2S/c1-2-13-12(15)14-11-7-6-9-4-3-5-10(9)8-11/h6-8H,2-5H2,1H3,(H2,13,14,15). The lowest BCUT2D eigenvalue weighted by Gasteiger charge is -2.10. The zero-order chi connectivity index (χ0) is 10.7. The third kappa shape index (κ3) is 2.48. The van der Waals surface area contributed by atoms with Crippen LogP contribution in [0.2, 0.25) is 0 Å². The van der Waals surface area contributed by atoms with Gasteiger partial charge in [0.15, 0.2) is 5.11 Å². The van der Waals surface area contributed by atoms with Crippen molar-refractivity contribution in [1.82, 2.24) is 5.32 Å². The smallest absolute Gasteiger partial charge is 0.170 e. The summed E-state index contributed by atoms with van der Waals surface area (Å²) in [6.07, 6.45) is 3.72. The molecule has 1 aliphatic carbocycles. The molecule has 0 atom stereocenters. The summed E-state index contributed by atoms with van der Waals surface area (Å²) in [5, 5.41) is 6.98. The van der Waals surface area contributed by atoms with Gasteiger partial charge in [-0.3, -0.25) is 0 Å². The van der Waals surface area contributed by atoms with Crippen molar-refractivity contribution < 1.29 is 0 Å². The number of hydrogen-bond donors (Lipinski definition) is 2. The lowest BCUT2D eigenvalue weighted by Crippen LogP contribution is -2.27. The normalized spacial score (nSPS) is 13.4. The summed E-state index contributed by atoms with van der Waals surface area (Å²) in [5.74, 6) is 0. The number of thiocarbonyl (C=S) groups is 1. The third-order valence-electron chi connectivity index (χ3n) is 2.69. The third-order valence-corrected chi connectivity index (χ3v) is 2.94. The maximum absolute atomic E-state index is 5.14. The van der Waals surface area contributed by atoms with Gasteiger partial charge in [0.25, 0.3) is 0 Å². The number of nitrogens with one attached hydrogen (secondary N) is 2. The highest BCUT2D eigenvalue weighted by molar-refractivity contribution is 7.80. The SMILES string of the molecule is CCNC(=S)Nc1ccc2c(c1)CCC2. The van der Waals surface area contributed by atoms with Gasteiger partial charge in [-0.1, -0.05) is 6.07 Å². The average molecular weight is 220 g/mol. The van der Waals surface area contributed by atoms with Crippen molar-refractivity contribution in [1.29, 1.82) is 0 Å². The van der Waals surface area contributed by atoms with Crippen molar-refractivity contribution >= 4 is 23.0 Å². The van der Waals surface area contributed by atoms with Gasteiger partial charge in [0.1, 0.15) is 0 Å². The van der Waals surface area contributed by atoms with E-state index in [9.17, 15) is 0 Å². The van der Waals surface area contributed by atoms with Crippen molar-refractivity contribution in [3.05, 3.63) is 29.3 Å². The number of benzene rings is 1. The first-order valence-electron chi connectivity index (χ1n) is 5.46. The zero-order valence-corrected chi connectivity index (χ0v) is 9.79. The Balaban J connectivity index is 2.06. The predicted octanol–water partition coefficient (Wildman–Crippen LogP) is 2.48. The first-order valence-corrected chi connectivity index (χ1v) is 5.87. The van der Waals surface area contributed by atoms with E-state index in [2.05, 4.69) is 28.8 Å². The molecular weight excluding hydrogens is 204 g/mol. The summed E-state index contributed by atoms with van der Waals surface area (Å²) in [7, 11) is 0. The van der Waals surface area contributed by atoms with Crippen molar-refractivity contribution in [2.24, 2.45) is 0 Å². The maximum Gasteiger partial charge on any atom is 0.170 e. The molecule has 0 saturated carbocycles. The highest BCUT2D eigenvalue weighted by Gasteiger charge is 2.10. The van der Waals surface area contributed by atoms with Gasteiger partial charge < -0.3 is 10.6 Å². The van der Waals surface area contributed by atoms with Crippen LogP contribution < -0.4 is 10.6 Å². The van der Waals surface area contributed by atoms with E-state index in [0.717, 1.165) is 12.2 Å². The highest BCUT2D eigenvalue weighted by atomic mass is 32.1. The van der Waals surface area contributed by atoms with Gasteiger partial charge >= 0.3 is 0 Å². The molecule has 80 valence electrons. The summed E-state index contributed by atoms with van der Waals surface area (Å²) in [6, 6.07) is 6.53. The molecule has 0 aliphatic heterocycles. The van der Waals surface area contributed by atoms with E-state index >= 15 is 0 Å². The van der Waals surface area contributed by atoms with E-state index in [1.165, 1.54) is 30.4 Å². The molecule has 0 aromatic heterocycles. The van der Waals surface area contributed by atoms with Gasteiger partial charge in [0.05, 0.1) is 0 Å². The fourth-order valence-corrected chi connectivity index (χ4v) is 2.25. The van der Waals surface area contributed by atoms with E-state index in [-0.39, 0.29) is 0 Å². The van der Waals surface area contributed by atoms with Crippen molar-refractivity contribution in [3.63, 3.8) is 0 Å². The molecule has 0 unspecified atom stereocenters. The van der Waals surface area contributed by atoms with Crippen LogP contribution in [-0.2, 0) is 12.8 Å². The molecular formula is C12H16N2S. The van der Waals surface area contributed by atoms with Gasteiger partial charge in [-0.15, -0.1) is 0 Å². The molecule has 0 radical (unpaired) electrons. The predicted molar refractivity (Wildman–Crippen MR) is 68.4 cm³/mol. The van der Waals surface area contributed by atoms with Crippen molar-refractivity contribution in [3.8, 4) is 0 Å². The lowest BCUT2D eigenvalue weighted by molar-refractivity contribution is 0.912. The molecule has 1 aromatic carbocycles. The Hall–Kier alpha value is -1.09. The van der Waals surface area contributed by atoms with Crippen LogP contribution >= 0.6 is 12.2 Å². The van der Waals surface area contributed by atoms with Gasteiger partial charge in [-0.05, 0) is 61.7 Å². The van der Waals surface area contributed by atoms with E-state index < -0.39 is 0 Å². The van der Waals surface area contributed by atoms with Crippen LogP contribution in [0.5, 0.6) is 0 Å². The second-order valence-corrected chi connectivity index (χ2v) is 4.23. The van der Waals surface area contributed by atoms with Gasteiger partial charge in [-0.25, -0.2) is 0 Å². The number of fused-ring (bicyclic) bond motifs is 1. The van der Waals surface area contributed by atoms with E-state index in [1.54, 1.807) is 0 Å². The van der Waals surface area contributed by atoms with Gasteiger partial charge in [0.2, 0.25) is 0 Å². The number of rotatable bonds is 2. The number of hydrogen-bond acceptors (Lipinski definition) is 1. The average Bonchev–Trinajstić information content (AvgIpc) is 2.65. The minimum Gasteiger partial charge on any atom is -0.363 e. The van der Waals surface area contributed by atoms with Crippen LogP contribution in [-0.4, -0.2) is 11.7 Å². The summed E-state index contributed by atoms with van der Waals surface area (Å²) >= 11 is 5.14. The van der Waals surface area contributed by atoms with Crippen LogP contribution in [0.25, 0.3) is 0 Å². The van der Waals surface area contributed by atoms with Crippen LogP contribution in [0.15, 0.2) is 18.2 Å². The molecule has 3 heteroatoms. The minimum atomic E-state index is 0.704. The van der Waals surface area contributed by atoms with Gasteiger partial charge in [0, 0.05) is 12.2 Å². The quantitative estimate of drug-likeness (QED) is 0.749. The fraction of sp³-hybridized carbons (Fsp3) is 0.417. The topological polar surface area (TPSA) is 24.1 Å². The highest BCUT2D eigenvalue weighted by Crippen LogP contribution is 2.24. The summed E-state index contributed by atoms with van der Waals surface area (Å²) in [5.41, 5.74) is 4.07. The van der Waals surface area contributed by atoms with Crippen molar-refractivity contribution in [2.45, 2.75) is 26.2 Å². The molecule has 0 spiro atoms. The molecule has 1 aliphatic rings. The zero-order valence-electron chi connectivity index (χ0n) is 8.97. The molecule has 0 saturated heterocycles. The largest absolute Gasteiger partial charge is 0.363 e. The maximum atomic E-state index is 5.14. The Kier molecular flexibility index (Phi) is 3.21. The monoisotopic (exact) mass is 220 g/mol. The van der Waals surface area contributed by atoms with Crippen LogP contribution in [0.1, 0.15) is 24.5 Å². The molecule has 0 bridgehead atoms. The first kappa shape index (κ1) is 10.4. The Labute approximate surface area is 96.1 Å². The minimum absolute atomic E-state index is 0.704. The summed E-state index contributed by atoms with van der Waals surface area (Å²) in [6.45, 7) is 2.90. The van der Waals surface area contributed by atoms with E-state index in [0.29, 0.717) is 5.11 Å². The lowest BCUT2D eigenvalue weighted by atomic mass is 10.1. The van der Waals surface area contributed by atoms with Gasteiger partial charge in [-0.2, -0.15) is 0 Å². The molecule has 0 heterocycles. The van der Waals surface area contributed by atoms with E-state index in [4.69, 9.17) is 12.2 Å². The molecule has 2 nitrogen and oxygen atoms in total. The molecule has 15 heavy (non-hydrogen) atoms. The second kappa shape index (κ2) is 4.62. The molecule has 0 fully saturated rings. The summed E-state index contributed by atoms with van der Waals surface area (Å²) < 4.78 is 0. The number of aryl methyl sites for hydroxylation is 2.